The fourth-order valence-electron chi connectivity index (χ4n) is 4.15. The lowest BCUT2D eigenvalue weighted by Gasteiger charge is -2.28. The molecule has 0 spiro atoms. The van der Waals surface area contributed by atoms with Crippen LogP contribution in [0.1, 0.15) is 47.6 Å². The van der Waals surface area contributed by atoms with Gasteiger partial charge in [0.1, 0.15) is 12.4 Å². The molecule has 2 heterocycles. The first kappa shape index (κ1) is 19.9. The molecular formula is C24H30N2O3. The number of amides is 1. The van der Waals surface area contributed by atoms with E-state index in [1.165, 1.54) is 18.4 Å². The fraction of sp³-hybridized carbons (Fsp3) is 0.458. The summed E-state index contributed by atoms with van der Waals surface area (Å²) in [6, 6.07) is 18.1. The molecule has 0 radical (unpaired) electrons. The third-order valence-corrected chi connectivity index (χ3v) is 5.80. The fourth-order valence-corrected chi connectivity index (χ4v) is 4.15. The molecule has 2 aliphatic rings. The number of nitrogens with zero attached hydrogens (tertiary/aromatic N) is 1. The van der Waals surface area contributed by atoms with E-state index in [0.29, 0.717) is 18.7 Å². The maximum absolute atomic E-state index is 12.7. The monoisotopic (exact) mass is 394 g/mol. The summed E-state index contributed by atoms with van der Waals surface area (Å²) in [5, 5.41) is 3.13. The minimum atomic E-state index is -0.0456. The summed E-state index contributed by atoms with van der Waals surface area (Å²) in [6.07, 6.45) is 4.81. The number of hydrogen-bond donors (Lipinski definition) is 1. The van der Waals surface area contributed by atoms with Crippen molar-refractivity contribution in [2.24, 2.45) is 0 Å². The van der Waals surface area contributed by atoms with Crippen LogP contribution < -0.4 is 10.1 Å². The lowest BCUT2D eigenvalue weighted by Crippen LogP contribution is -2.36. The van der Waals surface area contributed by atoms with Crippen LogP contribution in [0.4, 0.5) is 0 Å². The molecule has 2 aliphatic heterocycles. The van der Waals surface area contributed by atoms with E-state index >= 15 is 0 Å². The molecule has 29 heavy (non-hydrogen) atoms. The van der Waals surface area contributed by atoms with Crippen molar-refractivity contribution in [2.75, 3.05) is 32.8 Å². The summed E-state index contributed by atoms with van der Waals surface area (Å²) in [5.41, 5.74) is 1.91. The molecule has 4 rings (SSSR count). The first-order valence-electron chi connectivity index (χ1n) is 10.7. The van der Waals surface area contributed by atoms with Crippen LogP contribution in [0.15, 0.2) is 54.6 Å². The summed E-state index contributed by atoms with van der Waals surface area (Å²) in [6.45, 7) is 4.19. The van der Waals surface area contributed by atoms with E-state index in [-0.39, 0.29) is 18.1 Å². The molecule has 2 atom stereocenters. The predicted octanol–water partition coefficient (Wildman–Crippen LogP) is 3.81. The van der Waals surface area contributed by atoms with Crippen molar-refractivity contribution in [3.8, 4) is 5.75 Å². The van der Waals surface area contributed by atoms with Crippen molar-refractivity contribution in [3.63, 3.8) is 0 Å². The second-order valence-corrected chi connectivity index (χ2v) is 7.85. The third kappa shape index (κ3) is 5.37. The minimum Gasteiger partial charge on any atom is -0.491 e. The highest BCUT2D eigenvalue weighted by atomic mass is 16.5. The van der Waals surface area contributed by atoms with E-state index in [2.05, 4.69) is 34.5 Å². The van der Waals surface area contributed by atoms with Gasteiger partial charge in [-0.25, -0.2) is 0 Å². The van der Waals surface area contributed by atoms with Crippen LogP contribution in [0.2, 0.25) is 0 Å². The average molecular weight is 395 g/mol. The zero-order valence-corrected chi connectivity index (χ0v) is 16.9. The van der Waals surface area contributed by atoms with Crippen molar-refractivity contribution < 1.29 is 14.3 Å². The highest BCUT2D eigenvalue weighted by Crippen LogP contribution is 2.24. The topological polar surface area (TPSA) is 50.8 Å². The zero-order valence-electron chi connectivity index (χ0n) is 16.9. The standard InChI is InChI=1S/C24H30N2O3/c27-24(20-10-12-21(13-11-20)29-18-22-9-6-16-28-22)25-17-23(26-14-4-5-15-26)19-7-2-1-3-8-19/h1-3,7-8,10-13,22-23H,4-6,9,14-18H2,(H,25,27). The Morgan fingerprint density at radius 2 is 1.83 bits per heavy atom. The van der Waals surface area contributed by atoms with Crippen molar-refractivity contribution in [2.45, 2.75) is 37.8 Å². The third-order valence-electron chi connectivity index (χ3n) is 5.80. The lowest BCUT2D eigenvalue weighted by atomic mass is 10.1. The number of rotatable bonds is 8. The van der Waals surface area contributed by atoms with Crippen molar-refractivity contribution in [1.29, 1.82) is 0 Å². The Labute approximate surface area is 173 Å². The highest BCUT2D eigenvalue weighted by Gasteiger charge is 2.24. The first-order chi connectivity index (χ1) is 14.3. The van der Waals surface area contributed by atoms with Gasteiger partial charge in [0.05, 0.1) is 12.1 Å². The zero-order chi connectivity index (χ0) is 19.9. The van der Waals surface area contributed by atoms with E-state index in [9.17, 15) is 4.79 Å². The molecule has 5 nitrogen and oxygen atoms in total. The summed E-state index contributed by atoms with van der Waals surface area (Å²) in [7, 11) is 0. The molecular weight excluding hydrogens is 364 g/mol. The molecule has 2 aromatic carbocycles. The quantitative estimate of drug-likeness (QED) is 0.740. The van der Waals surface area contributed by atoms with Gasteiger partial charge < -0.3 is 14.8 Å². The number of ether oxygens (including phenoxy) is 2. The molecule has 154 valence electrons. The molecule has 2 fully saturated rings. The van der Waals surface area contributed by atoms with Gasteiger partial charge in [-0.2, -0.15) is 0 Å². The highest BCUT2D eigenvalue weighted by molar-refractivity contribution is 5.94. The molecule has 0 bridgehead atoms. The number of carbonyl (C=O) groups excluding carboxylic acids is 1. The Bertz CT molecular complexity index is 766. The molecule has 0 aromatic heterocycles. The molecule has 1 N–H and O–H groups in total. The van der Waals surface area contributed by atoms with Gasteiger partial charge >= 0.3 is 0 Å². The molecule has 0 saturated carbocycles. The molecule has 1 amide bonds. The van der Waals surface area contributed by atoms with Crippen molar-refractivity contribution >= 4 is 5.91 Å². The molecule has 2 unspecified atom stereocenters. The van der Waals surface area contributed by atoms with Crippen LogP contribution in [0, 0.1) is 0 Å². The molecule has 2 aromatic rings. The SMILES string of the molecule is O=C(NCC(c1ccccc1)N1CCCC1)c1ccc(OCC2CCCO2)cc1. The number of nitrogens with one attached hydrogen (secondary N) is 1. The van der Waals surface area contributed by atoms with Crippen LogP contribution in [-0.4, -0.2) is 49.8 Å². The van der Waals surface area contributed by atoms with Crippen LogP contribution in [-0.2, 0) is 4.74 Å². The number of hydrogen-bond acceptors (Lipinski definition) is 4. The van der Waals surface area contributed by atoms with Gasteiger partial charge in [-0.15, -0.1) is 0 Å². The Kier molecular flexibility index (Phi) is 6.80. The maximum atomic E-state index is 12.7. The van der Waals surface area contributed by atoms with E-state index < -0.39 is 0 Å². The predicted molar refractivity (Wildman–Crippen MR) is 113 cm³/mol. The van der Waals surface area contributed by atoms with Gasteiger partial charge in [-0.3, -0.25) is 9.69 Å². The van der Waals surface area contributed by atoms with Gasteiger partial charge in [0.15, 0.2) is 0 Å². The van der Waals surface area contributed by atoms with E-state index in [0.717, 1.165) is 38.3 Å². The maximum Gasteiger partial charge on any atom is 0.251 e. The summed E-state index contributed by atoms with van der Waals surface area (Å²) in [4.78, 5) is 15.2. The van der Waals surface area contributed by atoms with Gasteiger partial charge in [-0.1, -0.05) is 30.3 Å². The van der Waals surface area contributed by atoms with Crippen LogP contribution in [0.25, 0.3) is 0 Å². The first-order valence-corrected chi connectivity index (χ1v) is 10.7. The van der Waals surface area contributed by atoms with E-state index in [1.807, 2.05) is 30.3 Å². The molecule has 0 aliphatic carbocycles. The Morgan fingerprint density at radius 3 is 2.52 bits per heavy atom. The van der Waals surface area contributed by atoms with E-state index in [4.69, 9.17) is 9.47 Å². The van der Waals surface area contributed by atoms with Gasteiger partial charge in [0, 0.05) is 18.7 Å². The van der Waals surface area contributed by atoms with Crippen LogP contribution in [0.3, 0.4) is 0 Å². The largest absolute Gasteiger partial charge is 0.491 e. The summed E-state index contributed by atoms with van der Waals surface area (Å²) in [5.74, 6) is 0.729. The van der Waals surface area contributed by atoms with Gasteiger partial charge in [-0.05, 0) is 68.6 Å². The number of carbonyl (C=O) groups is 1. The van der Waals surface area contributed by atoms with Crippen LogP contribution >= 0.6 is 0 Å². The Balaban J connectivity index is 1.32. The van der Waals surface area contributed by atoms with Crippen molar-refractivity contribution in [3.05, 3.63) is 65.7 Å². The smallest absolute Gasteiger partial charge is 0.251 e. The van der Waals surface area contributed by atoms with E-state index in [1.54, 1.807) is 0 Å². The average Bonchev–Trinajstić information content (AvgIpc) is 3.48. The van der Waals surface area contributed by atoms with Gasteiger partial charge in [0.25, 0.3) is 5.91 Å². The Morgan fingerprint density at radius 1 is 1.07 bits per heavy atom. The molecule has 5 heteroatoms. The minimum absolute atomic E-state index is 0.0456. The Hall–Kier alpha value is -2.37. The summed E-state index contributed by atoms with van der Waals surface area (Å²) < 4.78 is 11.4. The summed E-state index contributed by atoms with van der Waals surface area (Å²) >= 11 is 0. The second-order valence-electron chi connectivity index (χ2n) is 7.85. The number of benzene rings is 2. The lowest BCUT2D eigenvalue weighted by molar-refractivity contribution is 0.0679. The van der Waals surface area contributed by atoms with Crippen molar-refractivity contribution in [1.82, 2.24) is 10.2 Å². The van der Waals surface area contributed by atoms with Crippen LogP contribution in [0.5, 0.6) is 5.75 Å². The normalized spacial score (nSPS) is 20.5. The number of likely N-dealkylation sites (tertiary alicyclic amines) is 1. The second kappa shape index (κ2) is 9.90. The molecule has 2 saturated heterocycles. The van der Waals surface area contributed by atoms with Gasteiger partial charge in [0.2, 0.25) is 0 Å².